The van der Waals surface area contributed by atoms with Crippen LogP contribution in [0.15, 0.2) is 59.1 Å². The zero-order chi connectivity index (χ0) is 21.5. The summed E-state index contributed by atoms with van der Waals surface area (Å²) >= 11 is 6.15. The standard InChI is InChI=1S/C22H23ClN4O3/c1-3-19-25-20(30-26-19)14-27(2)21(28)13-18(15-9-5-4-6-10-15)24-22(29)16-11-7-8-12-17(16)23/h4-12,18H,3,13-14H2,1-2H3,(H,24,29). The molecule has 1 aromatic heterocycles. The molecule has 30 heavy (non-hydrogen) atoms. The van der Waals surface area contributed by atoms with E-state index in [1.54, 1.807) is 31.3 Å². The number of nitrogens with zero attached hydrogens (tertiary/aromatic N) is 3. The molecule has 0 saturated heterocycles. The summed E-state index contributed by atoms with van der Waals surface area (Å²) in [6.07, 6.45) is 0.733. The van der Waals surface area contributed by atoms with E-state index in [1.807, 2.05) is 37.3 Å². The summed E-state index contributed by atoms with van der Waals surface area (Å²) in [5, 5.41) is 7.13. The highest BCUT2D eigenvalue weighted by molar-refractivity contribution is 6.33. The van der Waals surface area contributed by atoms with E-state index in [4.69, 9.17) is 16.1 Å². The molecule has 1 unspecified atom stereocenters. The molecule has 1 N–H and O–H groups in total. The van der Waals surface area contributed by atoms with Gasteiger partial charge in [0, 0.05) is 13.5 Å². The van der Waals surface area contributed by atoms with Crippen molar-refractivity contribution >= 4 is 23.4 Å². The minimum Gasteiger partial charge on any atom is -0.345 e. The molecule has 1 heterocycles. The van der Waals surface area contributed by atoms with Gasteiger partial charge in [-0.1, -0.05) is 66.1 Å². The third-order valence-electron chi connectivity index (χ3n) is 4.63. The van der Waals surface area contributed by atoms with Crippen molar-refractivity contribution in [3.05, 3.63) is 82.5 Å². The number of benzene rings is 2. The van der Waals surface area contributed by atoms with Crippen LogP contribution in [0.2, 0.25) is 5.02 Å². The molecule has 3 rings (SSSR count). The van der Waals surface area contributed by atoms with Crippen LogP contribution in [0.5, 0.6) is 0 Å². The van der Waals surface area contributed by atoms with Gasteiger partial charge in [-0.25, -0.2) is 0 Å². The average molecular weight is 427 g/mol. The Morgan fingerprint density at radius 2 is 1.83 bits per heavy atom. The first-order chi connectivity index (χ1) is 14.5. The van der Waals surface area contributed by atoms with Gasteiger partial charge in [-0.2, -0.15) is 4.98 Å². The molecule has 7 nitrogen and oxygen atoms in total. The fraction of sp³-hybridized carbons (Fsp3) is 0.273. The molecular weight excluding hydrogens is 404 g/mol. The molecule has 0 aliphatic rings. The quantitative estimate of drug-likeness (QED) is 0.591. The summed E-state index contributed by atoms with van der Waals surface area (Å²) < 4.78 is 5.16. The monoisotopic (exact) mass is 426 g/mol. The van der Waals surface area contributed by atoms with Gasteiger partial charge in [0.2, 0.25) is 11.8 Å². The van der Waals surface area contributed by atoms with E-state index in [2.05, 4.69) is 15.5 Å². The Hall–Kier alpha value is -3.19. The minimum absolute atomic E-state index is 0.0749. The lowest BCUT2D eigenvalue weighted by Gasteiger charge is -2.22. The van der Waals surface area contributed by atoms with Crippen LogP contribution in [0, 0.1) is 0 Å². The molecule has 0 bridgehead atoms. The van der Waals surface area contributed by atoms with Crippen molar-refractivity contribution in [1.82, 2.24) is 20.4 Å². The van der Waals surface area contributed by atoms with Gasteiger partial charge in [0.25, 0.3) is 5.91 Å². The lowest BCUT2D eigenvalue weighted by molar-refractivity contribution is -0.131. The summed E-state index contributed by atoms with van der Waals surface area (Å²) in [6.45, 7) is 2.13. The minimum atomic E-state index is -0.515. The molecule has 0 radical (unpaired) electrons. The molecule has 0 spiro atoms. The van der Waals surface area contributed by atoms with Crippen LogP contribution < -0.4 is 5.32 Å². The maximum atomic E-state index is 12.9. The molecular formula is C22H23ClN4O3. The van der Waals surface area contributed by atoms with Crippen molar-refractivity contribution < 1.29 is 14.1 Å². The van der Waals surface area contributed by atoms with Crippen molar-refractivity contribution in [2.45, 2.75) is 32.4 Å². The van der Waals surface area contributed by atoms with E-state index in [-0.39, 0.29) is 24.8 Å². The first-order valence-corrected chi connectivity index (χ1v) is 10.0. The number of aromatic nitrogens is 2. The second-order valence-corrected chi connectivity index (χ2v) is 7.24. The van der Waals surface area contributed by atoms with E-state index < -0.39 is 6.04 Å². The zero-order valence-electron chi connectivity index (χ0n) is 16.8. The Labute approximate surface area is 180 Å². The number of halogens is 1. The molecule has 0 fully saturated rings. The van der Waals surface area contributed by atoms with E-state index in [0.717, 1.165) is 5.56 Å². The third-order valence-corrected chi connectivity index (χ3v) is 4.96. The number of hydrogen-bond acceptors (Lipinski definition) is 5. The smallest absolute Gasteiger partial charge is 0.253 e. The fourth-order valence-corrected chi connectivity index (χ4v) is 3.16. The van der Waals surface area contributed by atoms with Gasteiger partial charge in [0.1, 0.15) is 0 Å². The lowest BCUT2D eigenvalue weighted by atomic mass is 10.0. The summed E-state index contributed by atoms with van der Waals surface area (Å²) in [5.74, 6) is 0.466. The molecule has 8 heteroatoms. The Balaban J connectivity index is 1.73. The zero-order valence-corrected chi connectivity index (χ0v) is 17.6. The highest BCUT2D eigenvalue weighted by atomic mass is 35.5. The molecule has 2 aromatic carbocycles. The Morgan fingerprint density at radius 3 is 2.50 bits per heavy atom. The van der Waals surface area contributed by atoms with Crippen LogP contribution in [0.3, 0.4) is 0 Å². The molecule has 2 amide bonds. The van der Waals surface area contributed by atoms with Crippen LogP contribution in [0.4, 0.5) is 0 Å². The molecule has 0 aliphatic heterocycles. The molecule has 3 aromatic rings. The van der Waals surface area contributed by atoms with Crippen LogP contribution in [0.25, 0.3) is 0 Å². The largest absolute Gasteiger partial charge is 0.345 e. The molecule has 156 valence electrons. The third kappa shape index (κ3) is 5.45. The molecule has 0 saturated carbocycles. The van der Waals surface area contributed by atoms with Crippen molar-refractivity contribution in [2.24, 2.45) is 0 Å². The van der Waals surface area contributed by atoms with Crippen LogP contribution >= 0.6 is 11.6 Å². The first kappa shape index (κ1) is 21.5. The van der Waals surface area contributed by atoms with E-state index in [1.165, 1.54) is 4.90 Å². The maximum absolute atomic E-state index is 12.9. The van der Waals surface area contributed by atoms with E-state index in [0.29, 0.717) is 28.7 Å². The average Bonchev–Trinajstić information content (AvgIpc) is 3.21. The molecule has 1 atom stereocenters. The van der Waals surface area contributed by atoms with Crippen LogP contribution in [-0.4, -0.2) is 33.9 Å². The van der Waals surface area contributed by atoms with Crippen molar-refractivity contribution in [3.8, 4) is 0 Å². The lowest BCUT2D eigenvalue weighted by Crippen LogP contribution is -2.34. The van der Waals surface area contributed by atoms with Crippen molar-refractivity contribution in [1.29, 1.82) is 0 Å². The number of amides is 2. The number of carbonyl (C=O) groups is 2. The predicted molar refractivity (Wildman–Crippen MR) is 113 cm³/mol. The summed E-state index contributed by atoms with van der Waals surface area (Å²) in [6, 6.07) is 15.6. The SMILES string of the molecule is CCc1noc(CN(C)C(=O)CC(NC(=O)c2ccccc2Cl)c2ccccc2)n1. The fourth-order valence-electron chi connectivity index (χ4n) is 2.94. The summed E-state index contributed by atoms with van der Waals surface area (Å²) in [7, 11) is 1.66. The number of nitrogens with one attached hydrogen (secondary N) is 1. The van der Waals surface area contributed by atoms with Gasteiger partial charge in [0.05, 0.1) is 29.6 Å². The number of hydrogen-bond donors (Lipinski definition) is 1. The van der Waals surface area contributed by atoms with Gasteiger partial charge in [-0.15, -0.1) is 0 Å². The normalized spacial score (nSPS) is 11.7. The maximum Gasteiger partial charge on any atom is 0.253 e. The van der Waals surface area contributed by atoms with Gasteiger partial charge >= 0.3 is 0 Å². The summed E-state index contributed by atoms with van der Waals surface area (Å²) in [4.78, 5) is 31.4. The highest BCUT2D eigenvalue weighted by Crippen LogP contribution is 2.21. The number of carbonyl (C=O) groups excluding carboxylic acids is 2. The second kappa shape index (κ2) is 10.0. The van der Waals surface area contributed by atoms with E-state index in [9.17, 15) is 9.59 Å². The highest BCUT2D eigenvalue weighted by Gasteiger charge is 2.23. The summed E-state index contributed by atoms with van der Waals surface area (Å²) in [5.41, 5.74) is 1.18. The van der Waals surface area contributed by atoms with Crippen molar-refractivity contribution in [2.75, 3.05) is 7.05 Å². The predicted octanol–water partition coefficient (Wildman–Crippen LogP) is 3.81. The Bertz CT molecular complexity index is 1010. The van der Waals surface area contributed by atoms with E-state index >= 15 is 0 Å². The first-order valence-electron chi connectivity index (χ1n) is 9.63. The van der Waals surface area contributed by atoms with Gasteiger partial charge < -0.3 is 14.7 Å². The Kier molecular flexibility index (Phi) is 7.19. The topological polar surface area (TPSA) is 88.3 Å². The second-order valence-electron chi connectivity index (χ2n) is 6.83. The van der Waals surface area contributed by atoms with Crippen LogP contribution in [-0.2, 0) is 17.8 Å². The molecule has 0 aliphatic carbocycles. The van der Waals surface area contributed by atoms with Crippen molar-refractivity contribution in [3.63, 3.8) is 0 Å². The number of rotatable bonds is 8. The number of aryl methyl sites for hydroxylation is 1. The van der Waals surface area contributed by atoms with Gasteiger partial charge in [-0.3, -0.25) is 9.59 Å². The van der Waals surface area contributed by atoms with Crippen LogP contribution in [0.1, 0.15) is 47.0 Å². The van der Waals surface area contributed by atoms with Gasteiger partial charge in [-0.05, 0) is 17.7 Å². The Morgan fingerprint density at radius 1 is 1.13 bits per heavy atom. The van der Waals surface area contributed by atoms with Gasteiger partial charge in [0.15, 0.2) is 5.82 Å².